The number of phosphoric acid groups is 1. The Morgan fingerprint density at radius 2 is 1.64 bits per heavy atom. The lowest BCUT2D eigenvalue weighted by molar-refractivity contribution is -0.250. The number of nitrogens with two attached hydrogens (primary N) is 1. The molecule has 0 bridgehead atoms. The Kier molecular flexibility index (Phi) is 18.4. The van der Waals surface area contributed by atoms with Crippen molar-refractivity contribution in [1.82, 2.24) is 0 Å². The summed E-state index contributed by atoms with van der Waals surface area (Å²) in [5.74, 6) is -0.131. The number of hydrogen-bond donors (Lipinski definition) is 1. The van der Waals surface area contributed by atoms with Crippen molar-refractivity contribution in [1.29, 1.82) is 0 Å². The third kappa shape index (κ3) is 13.1. The molecule has 1 fully saturated rings. The van der Waals surface area contributed by atoms with Crippen molar-refractivity contribution in [2.24, 2.45) is 11.7 Å². The SMILES string of the molecule is C=CCOP(=O)(OCC=C)OC1[C@@H](COC)OC(O[Si](C)(C)C(C)(C)C)[C@H](N)[C@H]1OCC[C@H](C=O)CCCCCCC. The number of rotatable bonds is 23. The Hall–Kier alpha value is -0.723. The Balaban J connectivity index is 3.25. The molecule has 10 nitrogen and oxygen atoms in total. The molecule has 42 heavy (non-hydrogen) atoms. The van der Waals surface area contributed by atoms with E-state index in [4.69, 9.17) is 37.9 Å². The van der Waals surface area contributed by atoms with E-state index >= 15 is 0 Å². The molecule has 2 unspecified atom stereocenters. The molecule has 0 aliphatic carbocycles. The van der Waals surface area contributed by atoms with Crippen LogP contribution in [0.25, 0.3) is 0 Å². The van der Waals surface area contributed by atoms with Gasteiger partial charge in [0.15, 0.2) is 14.6 Å². The highest BCUT2D eigenvalue weighted by atomic mass is 31.2. The number of phosphoric ester groups is 1. The standard InChI is InChI=1S/C30H58NO9PSi/c1-10-13-14-15-16-17-24(22-32)18-21-35-28-26(31)29(40-42(8,9)30(4,5)6)38-25(23-34-7)27(28)39-41(33,36-19-11-2)37-20-12-3/h11-12,22,24-29H,2-3,10,13-21,23,31H2,1,4-9H3/t24-,25-,26-,27?,28-,29?/m1/s1. The van der Waals surface area contributed by atoms with E-state index in [-0.39, 0.29) is 37.4 Å². The molecule has 0 spiro atoms. The van der Waals surface area contributed by atoms with Crippen molar-refractivity contribution in [3.05, 3.63) is 25.3 Å². The van der Waals surface area contributed by atoms with Crippen molar-refractivity contribution in [3.8, 4) is 0 Å². The van der Waals surface area contributed by atoms with Gasteiger partial charge in [0.1, 0.15) is 24.6 Å². The molecule has 0 aromatic carbocycles. The van der Waals surface area contributed by atoms with E-state index in [1.807, 2.05) is 0 Å². The lowest BCUT2D eigenvalue weighted by atomic mass is 9.96. The minimum absolute atomic E-state index is 0.0646. The van der Waals surface area contributed by atoms with Gasteiger partial charge < -0.3 is 29.2 Å². The van der Waals surface area contributed by atoms with Crippen LogP contribution in [0, 0.1) is 5.92 Å². The lowest BCUT2D eigenvalue weighted by Crippen LogP contribution is -2.66. The molecule has 1 aliphatic heterocycles. The Morgan fingerprint density at radius 3 is 2.17 bits per heavy atom. The van der Waals surface area contributed by atoms with E-state index in [0.717, 1.165) is 25.5 Å². The van der Waals surface area contributed by atoms with Crippen LogP contribution < -0.4 is 5.73 Å². The Labute approximate surface area is 255 Å². The molecule has 0 radical (unpaired) electrons. The predicted molar refractivity (Wildman–Crippen MR) is 169 cm³/mol. The fourth-order valence-electron chi connectivity index (χ4n) is 4.31. The summed E-state index contributed by atoms with van der Waals surface area (Å²) in [6.07, 6.45) is 7.49. The van der Waals surface area contributed by atoms with Gasteiger partial charge in [-0.2, -0.15) is 0 Å². The number of carbonyl (C=O) groups excluding carboxylic acids is 1. The van der Waals surface area contributed by atoms with E-state index in [9.17, 15) is 9.36 Å². The summed E-state index contributed by atoms with van der Waals surface area (Å²) in [5.41, 5.74) is 6.77. The molecular weight excluding hydrogens is 577 g/mol. The zero-order chi connectivity index (χ0) is 31.8. The first kappa shape index (κ1) is 39.3. The molecule has 0 aromatic rings. The molecule has 2 N–H and O–H groups in total. The summed E-state index contributed by atoms with van der Waals surface area (Å²) in [7, 11) is -4.90. The van der Waals surface area contributed by atoms with Crippen molar-refractivity contribution < 1.29 is 41.6 Å². The van der Waals surface area contributed by atoms with E-state index in [1.54, 1.807) is 0 Å². The van der Waals surface area contributed by atoms with Gasteiger partial charge in [0.05, 0.1) is 25.9 Å². The maximum Gasteiger partial charge on any atom is 0.475 e. The van der Waals surface area contributed by atoms with E-state index in [0.29, 0.717) is 6.42 Å². The van der Waals surface area contributed by atoms with Crippen LogP contribution in [0.15, 0.2) is 25.3 Å². The molecule has 246 valence electrons. The molecule has 6 atom stereocenters. The van der Waals surface area contributed by atoms with Crippen molar-refractivity contribution >= 4 is 22.4 Å². The van der Waals surface area contributed by atoms with Crippen molar-refractivity contribution in [2.45, 2.75) is 121 Å². The molecule has 0 saturated carbocycles. The van der Waals surface area contributed by atoms with Crippen molar-refractivity contribution in [3.63, 3.8) is 0 Å². The van der Waals surface area contributed by atoms with Crippen LogP contribution >= 0.6 is 7.82 Å². The monoisotopic (exact) mass is 635 g/mol. The van der Waals surface area contributed by atoms with Gasteiger partial charge in [0, 0.05) is 19.6 Å². The number of ether oxygens (including phenoxy) is 3. The zero-order valence-corrected chi connectivity index (χ0v) is 29.0. The summed E-state index contributed by atoms with van der Waals surface area (Å²) < 4.78 is 55.4. The first-order valence-corrected chi connectivity index (χ1v) is 19.6. The van der Waals surface area contributed by atoms with Gasteiger partial charge in [0.25, 0.3) is 0 Å². The van der Waals surface area contributed by atoms with Crippen LogP contribution in [0.1, 0.15) is 72.6 Å². The van der Waals surface area contributed by atoms with Crippen LogP contribution in [0.4, 0.5) is 0 Å². The zero-order valence-electron chi connectivity index (χ0n) is 27.1. The van der Waals surface area contributed by atoms with Gasteiger partial charge in [-0.25, -0.2) is 4.57 Å². The van der Waals surface area contributed by atoms with Crippen LogP contribution in [-0.4, -0.2) is 78.8 Å². The van der Waals surface area contributed by atoms with Crippen LogP contribution in [0.2, 0.25) is 18.1 Å². The first-order valence-electron chi connectivity index (χ1n) is 15.2. The minimum atomic E-state index is -4.12. The summed E-state index contributed by atoms with van der Waals surface area (Å²) in [6, 6.07) is -0.798. The van der Waals surface area contributed by atoms with Gasteiger partial charge in [-0.3, -0.25) is 13.6 Å². The summed E-state index contributed by atoms with van der Waals surface area (Å²) in [4.78, 5) is 11.8. The number of hydrogen-bond acceptors (Lipinski definition) is 10. The molecule has 1 saturated heterocycles. The largest absolute Gasteiger partial charge is 0.475 e. The molecular formula is C30H58NO9PSi. The predicted octanol–water partition coefficient (Wildman–Crippen LogP) is 6.56. The normalized spacial score (nSPS) is 24.3. The quantitative estimate of drug-likeness (QED) is 0.0434. The van der Waals surface area contributed by atoms with E-state index < -0.39 is 46.8 Å². The molecule has 12 heteroatoms. The third-order valence-electron chi connectivity index (χ3n) is 7.86. The second-order valence-electron chi connectivity index (χ2n) is 12.4. The highest BCUT2D eigenvalue weighted by Crippen LogP contribution is 2.52. The second-order valence-corrected chi connectivity index (χ2v) is 18.7. The van der Waals surface area contributed by atoms with Gasteiger partial charge in [-0.15, -0.1) is 13.2 Å². The maximum absolute atomic E-state index is 13.6. The highest BCUT2D eigenvalue weighted by molar-refractivity contribution is 7.48. The van der Waals surface area contributed by atoms with Crippen LogP contribution in [0.3, 0.4) is 0 Å². The van der Waals surface area contributed by atoms with Gasteiger partial charge in [-0.05, 0) is 31.0 Å². The van der Waals surface area contributed by atoms with Crippen LogP contribution in [0.5, 0.6) is 0 Å². The second kappa shape index (κ2) is 19.6. The molecule has 0 aromatic heterocycles. The molecule has 1 aliphatic rings. The number of methoxy groups -OCH3 is 1. The molecule has 1 heterocycles. The summed E-state index contributed by atoms with van der Waals surface area (Å²) >= 11 is 0. The Morgan fingerprint density at radius 1 is 1.02 bits per heavy atom. The maximum atomic E-state index is 13.6. The van der Waals surface area contributed by atoms with Crippen molar-refractivity contribution in [2.75, 3.05) is 33.5 Å². The van der Waals surface area contributed by atoms with Gasteiger partial charge >= 0.3 is 7.82 Å². The lowest BCUT2D eigenvalue weighted by Gasteiger charge is -2.48. The average Bonchev–Trinajstić information content (AvgIpc) is 2.93. The third-order valence-corrected chi connectivity index (χ3v) is 13.7. The Bertz CT molecular complexity index is 822. The van der Waals surface area contributed by atoms with Crippen LogP contribution in [-0.2, 0) is 41.6 Å². The van der Waals surface area contributed by atoms with E-state index in [1.165, 1.54) is 38.5 Å². The smallest absolute Gasteiger partial charge is 0.391 e. The number of carbonyl (C=O) groups is 1. The molecule has 0 amide bonds. The number of unbranched alkanes of at least 4 members (excludes halogenated alkanes) is 4. The topological polar surface area (TPSA) is 125 Å². The first-order chi connectivity index (χ1) is 19.8. The van der Waals surface area contributed by atoms with Gasteiger partial charge in [-0.1, -0.05) is 72.0 Å². The summed E-state index contributed by atoms with van der Waals surface area (Å²) in [5, 5.41) is -0.0996. The fourth-order valence-corrected chi connectivity index (χ4v) is 6.79. The van der Waals surface area contributed by atoms with E-state index in [2.05, 4.69) is 53.9 Å². The fraction of sp³-hybridized carbons (Fsp3) is 0.833. The average molecular weight is 636 g/mol. The molecule has 1 rings (SSSR count). The minimum Gasteiger partial charge on any atom is -0.391 e. The number of aldehydes is 1. The summed E-state index contributed by atoms with van der Waals surface area (Å²) in [6.45, 7) is 20.2. The highest BCUT2D eigenvalue weighted by Gasteiger charge is 2.52. The van der Waals surface area contributed by atoms with Gasteiger partial charge in [0.2, 0.25) is 0 Å².